The van der Waals surface area contributed by atoms with Gasteiger partial charge in [-0.1, -0.05) is 41.5 Å². The van der Waals surface area contributed by atoms with Crippen LogP contribution in [0.2, 0.25) is 16.6 Å². The Bertz CT molecular complexity index is 225. The van der Waals surface area contributed by atoms with Gasteiger partial charge in [0.2, 0.25) is 0 Å². The van der Waals surface area contributed by atoms with Crippen molar-refractivity contribution < 1.29 is 10.2 Å². The Balaban J connectivity index is 5.44. The van der Waals surface area contributed by atoms with E-state index in [1.165, 1.54) is 0 Å². The Morgan fingerprint density at radius 3 is 1.44 bits per heavy atom. The number of aliphatic hydroxyl groups is 2. The number of rotatable bonds is 7. The van der Waals surface area contributed by atoms with Gasteiger partial charge < -0.3 is 10.2 Å². The van der Waals surface area contributed by atoms with E-state index < -0.39 is 20.3 Å². The van der Waals surface area contributed by atoms with Gasteiger partial charge in [0, 0.05) is 10.6 Å². The minimum absolute atomic E-state index is 0.125. The Labute approximate surface area is 124 Å². The van der Waals surface area contributed by atoms with Gasteiger partial charge in [0.05, 0.1) is 20.3 Å². The molecule has 0 rings (SSSR count). The first kappa shape index (κ1) is 18.8. The highest BCUT2D eigenvalue weighted by Gasteiger charge is 2.50. The van der Waals surface area contributed by atoms with Crippen LogP contribution in [0.3, 0.4) is 0 Å². The molecule has 0 bridgehead atoms. The molecule has 0 aromatic carbocycles. The molecular weight excluding hydrogens is 280 g/mol. The van der Waals surface area contributed by atoms with Gasteiger partial charge in [-0.15, -0.1) is 0 Å². The van der Waals surface area contributed by atoms with E-state index in [-0.39, 0.29) is 10.6 Å². The van der Waals surface area contributed by atoms with Gasteiger partial charge in [0.15, 0.2) is 0 Å². The fourth-order valence-electron chi connectivity index (χ4n) is 3.64. The molecule has 0 fully saturated rings. The van der Waals surface area contributed by atoms with Crippen molar-refractivity contribution in [1.82, 2.24) is 0 Å². The maximum absolute atomic E-state index is 10.3. The third kappa shape index (κ3) is 3.48. The second-order valence-corrected chi connectivity index (χ2v) is 13.6. The van der Waals surface area contributed by atoms with Gasteiger partial charge in [-0.2, -0.15) is 25.3 Å². The maximum atomic E-state index is 10.3. The van der Waals surface area contributed by atoms with Crippen molar-refractivity contribution in [3.05, 3.63) is 0 Å². The quantitative estimate of drug-likeness (QED) is 0.431. The zero-order valence-electron chi connectivity index (χ0n) is 12.5. The van der Waals surface area contributed by atoms with Crippen molar-refractivity contribution in [3.63, 3.8) is 0 Å². The van der Waals surface area contributed by atoms with Gasteiger partial charge >= 0.3 is 0 Å². The lowest BCUT2D eigenvalue weighted by Gasteiger charge is -2.49. The highest BCUT2D eigenvalue weighted by molar-refractivity contribution is 7.83. The summed E-state index contributed by atoms with van der Waals surface area (Å²) in [6.45, 7) is 13.4. The molecule has 3 atom stereocenters. The van der Waals surface area contributed by atoms with Crippen LogP contribution in [0.4, 0.5) is 0 Å². The molecule has 110 valence electrons. The molecule has 1 unspecified atom stereocenters. The molecule has 0 saturated carbocycles. The molecule has 0 heterocycles. The van der Waals surface area contributed by atoms with Crippen molar-refractivity contribution in [2.75, 3.05) is 5.75 Å². The number of thiol groups is 2. The van der Waals surface area contributed by atoms with Crippen LogP contribution in [-0.4, -0.2) is 41.1 Å². The van der Waals surface area contributed by atoms with Gasteiger partial charge in [0.25, 0.3) is 0 Å². The van der Waals surface area contributed by atoms with E-state index in [2.05, 4.69) is 54.2 Å². The lowest BCUT2D eigenvalue weighted by Crippen LogP contribution is -2.59. The molecule has 2 N–H and O–H groups in total. The first-order valence-electron chi connectivity index (χ1n) is 6.78. The largest absolute Gasteiger partial charge is 0.390 e. The zero-order chi connectivity index (χ0) is 14.7. The second-order valence-electron chi connectivity index (χ2n) is 6.15. The molecule has 0 saturated heterocycles. The van der Waals surface area contributed by atoms with Crippen LogP contribution in [0.25, 0.3) is 0 Å². The van der Waals surface area contributed by atoms with E-state index >= 15 is 0 Å². The molecule has 0 aliphatic carbocycles. The normalized spacial score (nSPS) is 18.5. The van der Waals surface area contributed by atoms with Crippen molar-refractivity contribution in [2.45, 2.75) is 75.2 Å². The molecule has 18 heavy (non-hydrogen) atoms. The topological polar surface area (TPSA) is 40.5 Å². The Morgan fingerprint density at radius 1 is 0.889 bits per heavy atom. The highest BCUT2D eigenvalue weighted by atomic mass is 32.1. The van der Waals surface area contributed by atoms with Gasteiger partial charge in [-0.25, -0.2) is 0 Å². The average molecular weight is 311 g/mol. The fourth-order valence-corrected chi connectivity index (χ4v) is 13.6. The molecular formula is C13H30O2S2Si. The van der Waals surface area contributed by atoms with Crippen LogP contribution in [0.5, 0.6) is 0 Å². The zero-order valence-corrected chi connectivity index (χ0v) is 15.2. The van der Waals surface area contributed by atoms with E-state index in [0.29, 0.717) is 16.6 Å². The van der Waals surface area contributed by atoms with E-state index in [0.717, 1.165) is 0 Å². The van der Waals surface area contributed by atoms with Crippen molar-refractivity contribution in [2.24, 2.45) is 0 Å². The summed E-state index contributed by atoms with van der Waals surface area (Å²) in [7, 11) is -1.85. The third-order valence-electron chi connectivity index (χ3n) is 4.42. The van der Waals surface area contributed by atoms with E-state index in [1.54, 1.807) is 0 Å². The predicted octanol–water partition coefficient (Wildman–Crippen LogP) is 3.15. The molecule has 0 amide bonds. The fraction of sp³-hybridized carbons (Fsp3) is 1.00. The maximum Gasteiger partial charge on any atom is 0.0898 e. The lowest BCUT2D eigenvalue weighted by atomic mass is 10.2. The minimum atomic E-state index is -1.85. The first-order chi connectivity index (χ1) is 8.13. The van der Waals surface area contributed by atoms with Crippen molar-refractivity contribution in [1.29, 1.82) is 0 Å². The Kier molecular flexibility index (Phi) is 7.93. The SMILES string of the molecule is CC(C)[Si](C(C)C)(C(C)C)C(S)[C@@H](O)[C@H](O)CS. The number of hydrogen-bond donors (Lipinski definition) is 4. The number of hydrogen-bond acceptors (Lipinski definition) is 4. The summed E-state index contributed by atoms with van der Waals surface area (Å²) in [6, 6.07) is 0. The summed E-state index contributed by atoms with van der Waals surface area (Å²) < 4.78 is 0. The van der Waals surface area contributed by atoms with Crippen molar-refractivity contribution in [3.8, 4) is 0 Å². The summed E-state index contributed by atoms with van der Waals surface area (Å²) in [4.78, 5) is -0.125. The van der Waals surface area contributed by atoms with Crippen LogP contribution < -0.4 is 0 Å². The molecule has 0 aromatic rings. The molecule has 0 aliphatic rings. The Morgan fingerprint density at radius 2 is 1.22 bits per heavy atom. The molecule has 5 heteroatoms. The number of aliphatic hydroxyl groups excluding tert-OH is 2. The van der Waals surface area contributed by atoms with Crippen LogP contribution in [0.1, 0.15) is 41.5 Å². The van der Waals surface area contributed by atoms with E-state index in [4.69, 9.17) is 12.6 Å². The standard InChI is InChI=1S/C13H30O2S2Si/c1-8(2)18(9(3)4,10(5)6)13(17)12(15)11(14)7-16/h8-17H,7H2,1-6H3/t11-,12+,13?/m1/s1. The van der Waals surface area contributed by atoms with Crippen LogP contribution >= 0.6 is 25.3 Å². The molecule has 2 nitrogen and oxygen atoms in total. The summed E-state index contributed by atoms with van der Waals surface area (Å²) in [5.74, 6) is 0.275. The van der Waals surface area contributed by atoms with E-state index in [9.17, 15) is 10.2 Å². The van der Waals surface area contributed by atoms with E-state index in [1.807, 2.05) is 0 Å². The predicted molar refractivity (Wildman–Crippen MR) is 89.7 cm³/mol. The molecule has 0 spiro atoms. The average Bonchev–Trinajstić information content (AvgIpc) is 2.25. The summed E-state index contributed by atoms with van der Waals surface area (Å²) in [6.07, 6.45) is -1.58. The highest BCUT2D eigenvalue weighted by Crippen LogP contribution is 2.46. The second kappa shape index (κ2) is 7.57. The van der Waals surface area contributed by atoms with Gasteiger partial charge in [-0.3, -0.25) is 0 Å². The molecule has 0 radical (unpaired) electrons. The minimum Gasteiger partial charge on any atom is -0.390 e. The summed E-state index contributed by atoms with van der Waals surface area (Å²) >= 11 is 8.81. The summed E-state index contributed by atoms with van der Waals surface area (Å²) in [5.41, 5.74) is 1.55. The van der Waals surface area contributed by atoms with Gasteiger partial charge in [0.1, 0.15) is 0 Å². The molecule has 0 aliphatic heterocycles. The summed E-state index contributed by atoms with van der Waals surface area (Å²) in [5, 5.41) is 20.2. The van der Waals surface area contributed by atoms with Crippen LogP contribution in [0.15, 0.2) is 0 Å². The lowest BCUT2D eigenvalue weighted by molar-refractivity contribution is 0.0424. The first-order valence-corrected chi connectivity index (χ1v) is 10.2. The van der Waals surface area contributed by atoms with Crippen molar-refractivity contribution >= 4 is 33.3 Å². The third-order valence-corrected chi connectivity index (χ3v) is 13.8. The van der Waals surface area contributed by atoms with Gasteiger partial charge in [-0.05, 0) is 16.6 Å². The Hall–Kier alpha value is 0.837. The molecule has 0 aromatic heterocycles. The smallest absolute Gasteiger partial charge is 0.0898 e. The van der Waals surface area contributed by atoms with Crippen LogP contribution in [0, 0.1) is 0 Å². The monoisotopic (exact) mass is 310 g/mol. The van der Waals surface area contributed by atoms with Crippen LogP contribution in [-0.2, 0) is 0 Å².